The number of carbonyl (C=O) groups excluding carboxylic acids is 1. The van der Waals surface area contributed by atoms with E-state index in [4.69, 9.17) is 9.52 Å². The van der Waals surface area contributed by atoms with Crippen molar-refractivity contribution < 1.29 is 19.1 Å². The highest BCUT2D eigenvalue weighted by atomic mass is 16.4. The van der Waals surface area contributed by atoms with Crippen LogP contribution in [0, 0.1) is 0 Å². The molecule has 1 aromatic rings. The Kier molecular flexibility index (Phi) is 5.35. The number of hydrogen-bond donors (Lipinski definition) is 3. The zero-order valence-electron chi connectivity index (χ0n) is 12.1. The molecule has 0 spiro atoms. The van der Waals surface area contributed by atoms with Gasteiger partial charge in [-0.3, -0.25) is 9.69 Å². The van der Waals surface area contributed by atoms with Crippen LogP contribution in [-0.4, -0.2) is 54.6 Å². The molecule has 7 nitrogen and oxygen atoms in total. The third-order valence-electron chi connectivity index (χ3n) is 3.70. The highest BCUT2D eigenvalue weighted by molar-refractivity contribution is 5.87. The molecule has 1 aromatic heterocycles. The van der Waals surface area contributed by atoms with Crippen molar-refractivity contribution in [2.45, 2.75) is 25.4 Å². The van der Waals surface area contributed by atoms with Crippen LogP contribution < -0.4 is 10.6 Å². The zero-order valence-corrected chi connectivity index (χ0v) is 12.1. The van der Waals surface area contributed by atoms with Gasteiger partial charge < -0.3 is 20.2 Å². The lowest BCUT2D eigenvalue weighted by Gasteiger charge is -2.31. The van der Waals surface area contributed by atoms with E-state index in [-0.39, 0.29) is 11.5 Å². The Morgan fingerprint density at radius 1 is 1.43 bits per heavy atom. The molecule has 0 atom stereocenters. The van der Waals surface area contributed by atoms with Gasteiger partial charge in [-0.1, -0.05) is 0 Å². The van der Waals surface area contributed by atoms with Crippen molar-refractivity contribution in [3.05, 3.63) is 23.7 Å². The predicted molar refractivity (Wildman–Crippen MR) is 76.0 cm³/mol. The van der Waals surface area contributed by atoms with E-state index in [0.29, 0.717) is 24.9 Å². The number of nitrogens with one attached hydrogen (secondary N) is 2. The molecule has 21 heavy (non-hydrogen) atoms. The van der Waals surface area contributed by atoms with E-state index in [1.165, 1.54) is 12.3 Å². The van der Waals surface area contributed by atoms with E-state index >= 15 is 0 Å². The van der Waals surface area contributed by atoms with Gasteiger partial charge in [-0.05, 0) is 18.9 Å². The number of likely N-dealkylation sites (tertiary alicyclic amines) is 1. The number of carbonyl (C=O) groups is 2. The topological polar surface area (TPSA) is 94.8 Å². The summed E-state index contributed by atoms with van der Waals surface area (Å²) in [4.78, 5) is 24.2. The minimum absolute atomic E-state index is 0.0400. The highest BCUT2D eigenvalue weighted by Gasteiger charge is 2.20. The summed E-state index contributed by atoms with van der Waals surface area (Å²) in [5, 5.41) is 14.8. The first kappa shape index (κ1) is 15.5. The van der Waals surface area contributed by atoms with Crippen LogP contribution in [-0.2, 0) is 11.3 Å². The van der Waals surface area contributed by atoms with Crippen LogP contribution >= 0.6 is 0 Å². The van der Waals surface area contributed by atoms with Gasteiger partial charge in [-0.2, -0.15) is 0 Å². The van der Waals surface area contributed by atoms with Gasteiger partial charge in [0.15, 0.2) is 0 Å². The van der Waals surface area contributed by atoms with E-state index in [0.717, 1.165) is 25.9 Å². The molecule has 7 heteroatoms. The molecule has 0 aliphatic carbocycles. The van der Waals surface area contributed by atoms with Gasteiger partial charge in [0.2, 0.25) is 5.91 Å². The van der Waals surface area contributed by atoms with Crippen LogP contribution in [0.3, 0.4) is 0 Å². The second-order valence-corrected chi connectivity index (χ2v) is 5.21. The Balaban J connectivity index is 1.71. The number of carboxylic acids is 1. The molecule has 1 saturated heterocycles. The fourth-order valence-electron chi connectivity index (χ4n) is 2.41. The second kappa shape index (κ2) is 7.24. The molecule has 1 aliphatic heterocycles. The summed E-state index contributed by atoms with van der Waals surface area (Å²) < 4.78 is 5.20. The number of aromatic carboxylic acids is 1. The van der Waals surface area contributed by atoms with E-state index in [1.807, 2.05) is 0 Å². The Bertz CT molecular complexity index is 492. The minimum Gasteiger partial charge on any atom is -0.478 e. The molecular weight excluding hydrogens is 274 g/mol. The second-order valence-electron chi connectivity index (χ2n) is 5.21. The summed E-state index contributed by atoms with van der Waals surface area (Å²) in [5.74, 6) is -0.314. The van der Waals surface area contributed by atoms with Crippen LogP contribution in [0.15, 0.2) is 16.7 Å². The van der Waals surface area contributed by atoms with E-state index in [2.05, 4.69) is 15.5 Å². The molecule has 0 radical (unpaired) electrons. The number of furan rings is 1. The summed E-state index contributed by atoms with van der Waals surface area (Å²) in [6.07, 6.45) is 3.18. The van der Waals surface area contributed by atoms with Crippen molar-refractivity contribution in [3.63, 3.8) is 0 Å². The summed E-state index contributed by atoms with van der Waals surface area (Å²) in [7, 11) is 1.64. The van der Waals surface area contributed by atoms with Crippen LogP contribution in [0.25, 0.3) is 0 Å². The van der Waals surface area contributed by atoms with Gasteiger partial charge in [0, 0.05) is 26.2 Å². The first-order valence-corrected chi connectivity index (χ1v) is 7.05. The van der Waals surface area contributed by atoms with Crippen molar-refractivity contribution in [1.82, 2.24) is 15.5 Å². The third kappa shape index (κ3) is 4.57. The lowest BCUT2D eigenvalue weighted by Crippen LogP contribution is -2.45. The van der Waals surface area contributed by atoms with E-state index in [9.17, 15) is 9.59 Å². The molecule has 1 fully saturated rings. The Labute approximate surface area is 123 Å². The summed E-state index contributed by atoms with van der Waals surface area (Å²) >= 11 is 0. The average Bonchev–Trinajstić information content (AvgIpc) is 2.95. The van der Waals surface area contributed by atoms with Crippen LogP contribution in [0.5, 0.6) is 0 Å². The number of amides is 1. The molecule has 116 valence electrons. The molecule has 0 aromatic carbocycles. The lowest BCUT2D eigenvalue weighted by atomic mass is 10.0. The minimum atomic E-state index is -0.979. The number of hydrogen-bond acceptors (Lipinski definition) is 5. The van der Waals surface area contributed by atoms with Crippen LogP contribution in [0.2, 0.25) is 0 Å². The number of rotatable bonds is 6. The maximum atomic E-state index is 11.3. The Morgan fingerprint density at radius 3 is 2.71 bits per heavy atom. The molecule has 1 aliphatic rings. The predicted octanol–water partition coefficient (Wildman–Crippen LogP) is 0.278. The monoisotopic (exact) mass is 295 g/mol. The van der Waals surface area contributed by atoms with Crippen molar-refractivity contribution >= 4 is 11.9 Å². The van der Waals surface area contributed by atoms with Gasteiger partial charge in [-0.25, -0.2) is 4.79 Å². The molecule has 3 N–H and O–H groups in total. The first-order chi connectivity index (χ1) is 10.1. The largest absolute Gasteiger partial charge is 0.478 e. The number of carboxylic acid groups (broad SMARTS) is 1. The highest BCUT2D eigenvalue weighted by Crippen LogP contribution is 2.12. The van der Waals surface area contributed by atoms with Gasteiger partial charge in [0.25, 0.3) is 0 Å². The summed E-state index contributed by atoms with van der Waals surface area (Å²) in [6.45, 7) is 2.73. The molecule has 2 heterocycles. The van der Waals surface area contributed by atoms with Crippen molar-refractivity contribution in [1.29, 1.82) is 0 Å². The van der Waals surface area contributed by atoms with Crippen molar-refractivity contribution in [2.75, 3.05) is 26.7 Å². The van der Waals surface area contributed by atoms with E-state index in [1.54, 1.807) is 7.05 Å². The van der Waals surface area contributed by atoms with Crippen LogP contribution in [0.1, 0.15) is 29.0 Å². The average molecular weight is 295 g/mol. The first-order valence-electron chi connectivity index (χ1n) is 7.05. The summed E-state index contributed by atoms with van der Waals surface area (Å²) in [5.41, 5.74) is 0.173. The van der Waals surface area contributed by atoms with Gasteiger partial charge >= 0.3 is 5.97 Å². The lowest BCUT2D eigenvalue weighted by molar-refractivity contribution is -0.122. The fourth-order valence-corrected chi connectivity index (χ4v) is 2.41. The normalized spacial score (nSPS) is 16.8. The molecule has 1 amide bonds. The summed E-state index contributed by atoms with van der Waals surface area (Å²) in [6, 6.07) is 1.90. The SMILES string of the molecule is CNC(=O)CN1CCC(NCc2cc(C(=O)O)co2)CC1. The van der Waals surface area contributed by atoms with Gasteiger partial charge in [0.1, 0.15) is 12.0 Å². The third-order valence-corrected chi connectivity index (χ3v) is 3.70. The van der Waals surface area contributed by atoms with Crippen molar-refractivity contribution in [3.8, 4) is 0 Å². The standard InChI is InChI=1S/C14H21N3O4/c1-15-13(18)8-17-4-2-11(3-5-17)16-7-12-6-10(9-21-12)14(19)20/h6,9,11,16H,2-5,7-8H2,1H3,(H,15,18)(H,19,20). The molecule has 2 rings (SSSR count). The van der Waals surface area contributed by atoms with Gasteiger partial charge in [-0.15, -0.1) is 0 Å². The fraction of sp³-hybridized carbons (Fsp3) is 0.571. The molecule has 0 bridgehead atoms. The number of likely N-dealkylation sites (N-methyl/N-ethyl adjacent to an activating group) is 1. The van der Waals surface area contributed by atoms with Crippen LogP contribution in [0.4, 0.5) is 0 Å². The quantitative estimate of drug-likeness (QED) is 0.698. The molecule has 0 saturated carbocycles. The molecular formula is C14H21N3O4. The van der Waals surface area contributed by atoms with Crippen molar-refractivity contribution in [2.24, 2.45) is 0 Å². The number of piperidine rings is 1. The number of nitrogens with zero attached hydrogens (tertiary/aromatic N) is 1. The maximum Gasteiger partial charge on any atom is 0.338 e. The van der Waals surface area contributed by atoms with E-state index < -0.39 is 5.97 Å². The van der Waals surface area contributed by atoms with Gasteiger partial charge in [0.05, 0.1) is 18.7 Å². The smallest absolute Gasteiger partial charge is 0.338 e. The Morgan fingerprint density at radius 2 is 2.14 bits per heavy atom. The molecule has 0 unspecified atom stereocenters. The maximum absolute atomic E-state index is 11.3. The zero-order chi connectivity index (χ0) is 15.2. The Hall–Kier alpha value is -1.86.